The number of aliphatic imine (C=N–C) groups is 1. The van der Waals surface area contributed by atoms with Crippen molar-refractivity contribution >= 4 is 11.9 Å². The average Bonchev–Trinajstić information content (AvgIpc) is 2.69. The summed E-state index contributed by atoms with van der Waals surface area (Å²) in [5, 5.41) is 9.33. The number of phenolic OH excluding ortho intramolecular Hbond substituents is 1. The molecule has 3 aromatic carbocycles. The van der Waals surface area contributed by atoms with Crippen LogP contribution in [0, 0.1) is 6.92 Å². The Kier molecular flexibility index (Phi) is 7.44. The van der Waals surface area contributed by atoms with Gasteiger partial charge in [0.1, 0.15) is 18.1 Å². The fourth-order valence-electron chi connectivity index (χ4n) is 2.32. The van der Waals surface area contributed by atoms with Gasteiger partial charge >= 0.3 is 0 Å². The fourth-order valence-corrected chi connectivity index (χ4v) is 2.32. The smallest absolute Gasteiger partial charge is 0.128 e. The van der Waals surface area contributed by atoms with Crippen LogP contribution in [0.25, 0.3) is 0 Å². The third kappa shape index (κ3) is 5.78. The normalized spacial score (nSPS) is 10.3. The second kappa shape index (κ2) is 10.0. The van der Waals surface area contributed by atoms with Gasteiger partial charge in [0.05, 0.1) is 5.69 Å². The first kappa shape index (κ1) is 19.3. The van der Waals surface area contributed by atoms with Crippen molar-refractivity contribution in [3.63, 3.8) is 0 Å². The molecule has 0 aliphatic carbocycles. The number of hydrogen-bond acceptors (Lipinski definition) is 3. The number of rotatable bonds is 5. The first-order chi connectivity index (χ1) is 12.7. The molecule has 0 aromatic heterocycles. The molecule has 134 valence electrons. The van der Waals surface area contributed by atoms with Crippen LogP contribution in [0.3, 0.4) is 0 Å². The van der Waals surface area contributed by atoms with Gasteiger partial charge in [-0.3, -0.25) is 4.99 Å². The highest BCUT2D eigenvalue weighted by Crippen LogP contribution is 2.22. The highest BCUT2D eigenvalue weighted by atomic mass is 16.5. The molecule has 0 saturated carbocycles. The summed E-state index contributed by atoms with van der Waals surface area (Å²) in [5.41, 5.74) is 3.98. The lowest BCUT2D eigenvalue weighted by Gasteiger charge is -2.10. The molecular weight excluding hydrogens is 322 g/mol. The van der Waals surface area contributed by atoms with Gasteiger partial charge in [0, 0.05) is 11.8 Å². The molecule has 0 atom stereocenters. The number of aryl methyl sites for hydroxylation is 1. The molecule has 3 nitrogen and oxygen atoms in total. The van der Waals surface area contributed by atoms with E-state index in [1.807, 2.05) is 69.3 Å². The molecule has 0 aliphatic heterocycles. The van der Waals surface area contributed by atoms with Crippen molar-refractivity contribution in [1.82, 2.24) is 0 Å². The molecule has 3 rings (SSSR count). The molecule has 0 amide bonds. The second-order valence-electron chi connectivity index (χ2n) is 5.59. The van der Waals surface area contributed by atoms with Crippen LogP contribution in [0.2, 0.25) is 0 Å². The zero-order valence-electron chi connectivity index (χ0n) is 15.5. The van der Waals surface area contributed by atoms with E-state index in [0.29, 0.717) is 6.61 Å². The van der Waals surface area contributed by atoms with E-state index in [9.17, 15) is 5.11 Å². The van der Waals surface area contributed by atoms with Gasteiger partial charge in [0.25, 0.3) is 0 Å². The maximum atomic E-state index is 9.33. The Hall–Kier alpha value is -3.07. The summed E-state index contributed by atoms with van der Waals surface area (Å²) in [5.74, 6) is 1.03. The summed E-state index contributed by atoms with van der Waals surface area (Å²) in [6.45, 7) is 6.56. The van der Waals surface area contributed by atoms with Crippen LogP contribution in [-0.2, 0) is 6.61 Å². The van der Waals surface area contributed by atoms with Crippen molar-refractivity contribution in [2.24, 2.45) is 4.99 Å². The van der Waals surface area contributed by atoms with Gasteiger partial charge in [-0.25, -0.2) is 0 Å². The quantitative estimate of drug-likeness (QED) is 0.570. The average molecular weight is 347 g/mol. The Balaban J connectivity index is 0.00000117. The maximum Gasteiger partial charge on any atom is 0.128 e. The van der Waals surface area contributed by atoms with E-state index in [1.54, 1.807) is 30.5 Å². The molecule has 0 radical (unpaired) electrons. The lowest BCUT2D eigenvalue weighted by atomic mass is 10.1. The van der Waals surface area contributed by atoms with E-state index in [4.69, 9.17) is 4.74 Å². The minimum absolute atomic E-state index is 0.233. The molecule has 0 fully saturated rings. The number of hydrogen-bond donors (Lipinski definition) is 1. The van der Waals surface area contributed by atoms with Crippen LogP contribution in [0.4, 0.5) is 5.69 Å². The Morgan fingerprint density at radius 3 is 2.31 bits per heavy atom. The van der Waals surface area contributed by atoms with Crippen LogP contribution in [-0.4, -0.2) is 11.3 Å². The molecule has 3 heteroatoms. The first-order valence-corrected chi connectivity index (χ1v) is 8.81. The zero-order chi connectivity index (χ0) is 18.8. The van der Waals surface area contributed by atoms with Gasteiger partial charge in [-0.1, -0.05) is 55.8 Å². The SMILES string of the molecule is CC.Cc1ccc(OCc2ccccc2)c(C=Nc2ccc(O)cc2)c1. The highest BCUT2D eigenvalue weighted by Gasteiger charge is 2.03. The summed E-state index contributed by atoms with van der Waals surface area (Å²) < 4.78 is 5.95. The van der Waals surface area contributed by atoms with Gasteiger partial charge in [-0.05, 0) is 48.9 Å². The predicted molar refractivity (Wildman–Crippen MR) is 109 cm³/mol. The van der Waals surface area contributed by atoms with Gasteiger partial charge in [0.15, 0.2) is 0 Å². The monoisotopic (exact) mass is 347 g/mol. The lowest BCUT2D eigenvalue weighted by molar-refractivity contribution is 0.306. The lowest BCUT2D eigenvalue weighted by Crippen LogP contribution is -1.98. The molecule has 0 heterocycles. The Labute approximate surface area is 155 Å². The topological polar surface area (TPSA) is 41.8 Å². The summed E-state index contributed by atoms with van der Waals surface area (Å²) in [7, 11) is 0. The maximum absolute atomic E-state index is 9.33. The van der Waals surface area contributed by atoms with Crippen LogP contribution >= 0.6 is 0 Å². The Morgan fingerprint density at radius 2 is 1.62 bits per heavy atom. The summed E-state index contributed by atoms with van der Waals surface area (Å²) in [4.78, 5) is 4.46. The van der Waals surface area contributed by atoms with Crippen LogP contribution in [0.1, 0.15) is 30.5 Å². The van der Waals surface area contributed by atoms with Crippen LogP contribution in [0.15, 0.2) is 77.8 Å². The third-order valence-electron chi connectivity index (χ3n) is 3.60. The first-order valence-electron chi connectivity index (χ1n) is 8.81. The van der Waals surface area contributed by atoms with Crippen LogP contribution < -0.4 is 4.74 Å². The highest BCUT2D eigenvalue weighted by molar-refractivity contribution is 5.85. The standard InChI is InChI=1S/C21H19NO2.C2H6/c1-16-7-12-21(24-15-17-5-3-2-4-6-17)18(13-16)14-22-19-8-10-20(23)11-9-19;1-2/h2-14,23H,15H2,1H3;1-2H3. The van der Waals surface area contributed by atoms with Gasteiger partial charge in [-0.2, -0.15) is 0 Å². The van der Waals surface area contributed by atoms with E-state index >= 15 is 0 Å². The van der Waals surface area contributed by atoms with Crippen molar-refractivity contribution in [2.75, 3.05) is 0 Å². The minimum atomic E-state index is 0.233. The molecule has 0 unspecified atom stereocenters. The molecule has 0 spiro atoms. The minimum Gasteiger partial charge on any atom is -0.508 e. The zero-order valence-corrected chi connectivity index (χ0v) is 15.5. The van der Waals surface area contributed by atoms with Crippen molar-refractivity contribution in [3.8, 4) is 11.5 Å². The predicted octanol–water partition coefficient (Wildman–Crippen LogP) is 6.06. The molecule has 3 aromatic rings. The second-order valence-corrected chi connectivity index (χ2v) is 5.59. The Bertz CT molecular complexity index is 825. The molecule has 0 bridgehead atoms. The number of aromatic hydroxyl groups is 1. The Morgan fingerprint density at radius 1 is 0.923 bits per heavy atom. The van der Waals surface area contributed by atoms with Gasteiger partial charge in [0.2, 0.25) is 0 Å². The summed E-state index contributed by atoms with van der Waals surface area (Å²) in [6, 6.07) is 22.9. The van der Waals surface area contributed by atoms with E-state index in [-0.39, 0.29) is 5.75 Å². The van der Waals surface area contributed by atoms with Crippen LogP contribution in [0.5, 0.6) is 11.5 Å². The number of ether oxygens (including phenoxy) is 1. The fraction of sp³-hybridized carbons (Fsp3) is 0.174. The van der Waals surface area contributed by atoms with E-state index < -0.39 is 0 Å². The molecular formula is C23H25NO2. The number of nitrogens with zero attached hydrogens (tertiary/aromatic N) is 1. The summed E-state index contributed by atoms with van der Waals surface area (Å²) in [6.07, 6.45) is 1.79. The van der Waals surface area contributed by atoms with E-state index in [0.717, 1.165) is 28.1 Å². The van der Waals surface area contributed by atoms with Crippen molar-refractivity contribution in [2.45, 2.75) is 27.4 Å². The molecule has 0 aliphatic rings. The van der Waals surface area contributed by atoms with E-state index in [2.05, 4.69) is 4.99 Å². The number of phenols is 1. The molecule has 0 saturated heterocycles. The van der Waals surface area contributed by atoms with Crippen molar-refractivity contribution in [1.29, 1.82) is 0 Å². The molecule has 26 heavy (non-hydrogen) atoms. The molecule has 1 N–H and O–H groups in total. The summed E-state index contributed by atoms with van der Waals surface area (Å²) >= 11 is 0. The number of benzene rings is 3. The van der Waals surface area contributed by atoms with E-state index in [1.165, 1.54) is 0 Å². The van der Waals surface area contributed by atoms with Crippen molar-refractivity contribution < 1.29 is 9.84 Å². The largest absolute Gasteiger partial charge is 0.508 e. The third-order valence-corrected chi connectivity index (χ3v) is 3.60. The van der Waals surface area contributed by atoms with Gasteiger partial charge < -0.3 is 9.84 Å². The van der Waals surface area contributed by atoms with Gasteiger partial charge in [-0.15, -0.1) is 0 Å². The van der Waals surface area contributed by atoms with Crippen molar-refractivity contribution in [3.05, 3.63) is 89.5 Å².